The lowest BCUT2D eigenvalue weighted by Gasteiger charge is -1.87. The average molecular weight is 110 g/mol. The van der Waals surface area contributed by atoms with Crippen molar-refractivity contribution in [2.24, 2.45) is 0 Å². The molecule has 1 heteroatoms. The van der Waals surface area contributed by atoms with Crippen molar-refractivity contribution in [1.82, 2.24) is 0 Å². The molecular weight excluding hydrogens is 98.1 g/mol. The molecule has 0 spiro atoms. The van der Waals surface area contributed by atoms with Gasteiger partial charge in [-0.05, 0) is 6.42 Å². The van der Waals surface area contributed by atoms with E-state index in [0.717, 1.165) is 6.42 Å². The molecule has 0 bridgehead atoms. The molecule has 0 aromatic heterocycles. The molecule has 0 saturated carbocycles. The van der Waals surface area contributed by atoms with E-state index in [1.54, 1.807) is 5.57 Å². The maximum Gasteiger partial charge on any atom is 0.175 e. The van der Waals surface area contributed by atoms with Crippen LogP contribution < -0.4 is 4.99 Å². The molecular formula is C7H12N+. The molecule has 44 valence electrons. The predicted octanol–water partition coefficient (Wildman–Crippen LogP) is 0.226. The normalized spacial score (nSPS) is 18.2. The van der Waals surface area contributed by atoms with Crippen LogP contribution in [0, 0.1) is 0 Å². The van der Waals surface area contributed by atoms with Crippen LogP contribution in [0.3, 0.4) is 0 Å². The van der Waals surface area contributed by atoms with Crippen LogP contribution >= 0.6 is 0 Å². The van der Waals surface area contributed by atoms with E-state index in [1.807, 2.05) is 0 Å². The van der Waals surface area contributed by atoms with Crippen LogP contribution in [0.25, 0.3) is 0 Å². The summed E-state index contributed by atoms with van der Waals surface area (Å²) < 4.78 is 0. The maximum absolute atomic E-state index is 3.18. The second-order valence-electron chi connectivity index (χ2n) is 2.13. The SMILES string of the molecule is CCC1=C(C)[NH+]=CC1. The van der Waals surface area contributed by atoms with Gasteiger partial charge in [-0.1, -0.05) is 6.92 Å². The van der Waals surface area contributed by atoms with Crippen molar-refractivity contribution in [2.75, 3.05) is 0 Å². The molecule has 1 heterocycles. The highest BCUT2D eigenvalue weighted by Crippen LogP contribution is 2.07. The van der Waals surface area contributed by atoms with E-state index in [9.17, 15) is 0 Å². The van der Waals surface area contributed by atoms with Gasteiger partial charge in [0.15, 0.2) is 5.70 Å². The lowest BCUT2D eigenvalue weighted by atomic mass is 10.1. The molecule has 8 heavy (non-hydrogen) atoms. The smallest absolute Gasteiger partial charge is 0.175 e. The summed E-state index contributed by atoms with van der Waals surface area (Å²) in [5.74, 6) is 0. The Bertz CT molecular complexity index is 142. The Morgan fingerprint density at radius 2 is 2.50 bits per heavy atom. The first-order valence-electron chi connectivity index (χ1n) is 3.11. The van der Waals surface area contributed by atoms with Gasteiger partial charge in [0.05, 0.1) is 6.42 Å². The lowest BCUT2D eigenvalue weighted by molar-refractivity contribution is -0.388. The first-order chi connectivity index (χ1) is 3.84. The summed E-state index contributed by atoms with van der Waals surface area (Å²) in [5.41, 5.74) is 2.90. The molecule has 0 unspecified atom stereocenters. The van der Waals surface area contributed by atoms with Crippen molar-refractivity contribution < 1.29 is 4.99 Å². The molecule has 1 nitrogen and oxygen atoms in total. The minimum atomic E-state index is 1.14. The summed E-state index contributed by atoms with van der Waals surface area (Å²) in [6.45, 7) is 4.32. The average Bonchev–Trinajstić information content (AvgIpc) is 2.14. The molecule has 1 N–H and O–H groups in total. The van der Waals surface area contributed by atoms with E-state index in [-0.39, 0.29) is 0 Å². The molecule has 0 aromatic rings. The second-order valence-corrected chi connectivity index (χ2v) is 2.13. The van der Waals surface area contributed by atoms with Gasteiger partial charge in [0, 0.05) is 12.5 Å². The Morgan fingerprint density at radius 1 is 1.75 bits per heavy atom. The van der Waals surface area contributed by atoms with Gasteiger partial charge in [0.25, 0.3) is 0 Å². The fourth-order valence-electron chi connectivity index (χ4n) is 0.992. The minimum Gasteiger partial charge on any atom is -0.219 e. The monoisotopic (exact) mass is 110 g/mol. The van der Waals surface area contributed by atoms with Crippen molar-refractivity contribution >= 4 is 6.21 Å². The molecule has 1 rings (SSSR count). The maximum atomic E-state index is 3.18. The Balaban J connectivity index is 2.68. The molecule has 0 radical (unpaired) electrons. The molecule has 1 aliphatic rings. The largest absolute Gasteiger partial charge is 0.219 e. The van der Waals surface area contributed by atoms with Gasteiger partial charge in [-0.25, -0.2) is 4.99 Å². The number of allylic oxidation sites excluding steroid dienone is 2. The van der Waals surface area contributed by atoms with Crippen LogP contribution in [0.1, 0.15) is 26.7 Å². The summed E-state index contributed by atoms with van der Waals surface area (Å²) in [6.07, 6.45) is 4.44. The van der Waals surface area contributed by atoms with Gasteiger partial charge in [-0.15, -0.1) is 0 Å². The molecule has 0 aromatic carbocycles. The fraction of sp³-hybridized carbons (Fsp3) is 0.571. The number of hydrogen-bond acceptors (Lipinski definition) is 0. The first kappa shape index (κ1) is 5.54. The van der Waals surface area contributed by atoms with Crippen LogP contribution in [0.2, 0.25) is 0 Å². The Labute approximate surface area is 50.1 Å². The Kier molecular flexibility index (Phi) is 1.47. The quantitative estimate of drug-likeness (QED) is 0.496. The van der Waals surface area contributed by atoms with Crippen LogP contribution in [0.4, 0.5) is 0 Å². The highest BCUT2D eigenvalue weighted by atomic mass is 14.7. The third-order valence-corrected chi connectivity index (χ3v) is 1.62. The van der Waals surface area contributed by atoms with E-state index in [0.29, 0.717) is 0 Å². The highest BCUT2D eigenvalue weighted by Gasteiger charge is 2.08. The molecule has 0 amide bonds. The number of hydrogen-bond donors (Lipinski definition) is 1. The summed E-state index contributed by atoms with van der Waals surface area (Å²) >= 11 is 0. The third kappa shape index (κ3) is 0.808. The summed E-state index contributed by atoms with van der Waals surface area (Å²) in [7, 11) is 0. The van der Waals surface area contributed by atoms with Crippen LogP contribution in [-0.4, -0.2) is 6.21 Å². The van der Waals surface area contributed by atoms with Crippen LogP contribution in [0.5, 0.6) is 0 Å². The van der Waals surface area contributed by atoms with Crippen molar-refractivity contribution in [1.29, 1.82) is 0 Å². The molecule has 0 saturated heterocycles. The van der Waals surface area contributed by atoms with E-state index in [2.05, 4.69) is 25.1 Å². The van der Waals surface area contributed by atoms with Gasteiger partial charge >= 0.3 is 0 Å². The first-order valence-corrected chi connectivity index (χ1v) is 3.11. The van der Waals surface area contributed by atoms with Gasteiger partial charge in [-0.3, -0.25) is 0 Å². The van der Waals surface area contributed by atoms with Gasteiger partial charge in [0.1, 0.15) is 6.21 Å². The van der Waals surface area contributed by atoms with Crippen molar-refractivity contribution in [2.45, 2.75) is 26.7 Å². The Hall–Kier alpha value is -0.590. The molecule has 0 aliphatic carbocycles. The van der Waals surface area contributed by atoms with E-state index < -0.39 is 0 Å². The molecule has 1 aliphatic heterocycles. The molecule has 0 atom stereocenters. The fourth-order valence-corrected chi connectivity index (χ4v) is 0.992. The second kappa shape index (κ2) is 2.12. The zero-order valence-corrected chi connectivity index (χ0v) is 5.49. The van der Waals surface area contributed by atoms with E-state index >= 15 is 0 Å². The standard InChI is InChI=1S/C7H11N/c1-3-7-4-5-8-6(7)2/h5H,3-4H2,1-2H3/p+1. The summed E-state index contributed by atoms with van der Waals surface area (Å²) in [5, 5.41) is 0. The van der Waals surface area contributed by atoms with E-state index in [1.165, 1.54) is 12.1 Å². The van der Waals surface area contributed by atoms with Crippen molar-refractivity contribution in [3.63, 3.8) is 0 Å². The van der Waals surface area contributed by atoms with E-state index in [4.69, 9.17) is 0 Å². The topological polar surface area (TPSA) is 14.0 Å². The number of rotatable bonds is 1. The van der Waals surface area contributed by atoms with Gasteiger partial charge in [0.2, 0.25) is 0 Å². The van der Waals surface area contributed by atoms with Gasteiger partial charge in [-0.2, -0.15) is 0 Å². The van der Waals surface area contributed by atoms with Crippen molar-refractivity contribution in [3.05, 3.63) is 11.3 Å². The lowest BCUT2D eigenvalue weighted by Crippen LogP contribution is -2.63. The highest BCUT2D eigenvalue weighted by molar-refractivity contribution is 5.57. The minimum absolute atomic E-state index is 1.14. The number of nitrogens with one attached hydrogen (secondary N) is 1. The summed E-state index contributed by atoms with van der Waals surface area (Å²) in [4.78, 5) is 3.18. The Morgan fingerprint density at radius 3 is 2.75 bits per heavy atom. The predicted molar refractivity (Wildman–Crippen MR) is 34.6 cm³/mol. The van der Waals surface area contributed by atoms with Gasteiger partial charge < -0.3 is 0 Å². The summed E-state index contributed by atoms with van der Waals surface area (Å²) in [6, 6.07) is 0. The zero-order valence-electron chi connectivity index (χ0n) is 5.49. The zero-order chi connectivity index (χ0) is 5.98. The van der Waals surface area contributed by atoms with Crippen LogP contribution in [0.15, 0.2) is 11.3 Å². The van der Waals surface area contributed by atoms with Crippen molar-refractivity contribution in [3.8, 4) is 0 Å². The molecule has 0 fully saturated rings. The third-order valence-electron chi connectivity index (χ3n) is 1.62. The van der Waals surface area contributed by atoms with Crippen LogP contribution in [-0.2, 0) is 0 Å².